The molecule has 30 heavy (non-hydrogen) atoms. The second-order valence-corrected chi connectivity index (χ2v) is 8.94. The Balaban J connectivity index is 1.42. The second kappa shape index (κ2) is 9.22. The lowest BCUT2D eigenvalue weighted by Crippen LogP contribution is -2.49. The zero-order chi connectivity index (χ0) is 21.1. The highest BCUT2D eigenvalue weighted by molar-refractivity contribution is 7.13. The number of piperidine rings is 1. The maximum Gasteiger partial charge on any atom is 0.265 e. The minimum atomic E-state index is -0.267. The van der Waals surface area contributed by atoms with Gasteiger partial charge in [0.05, 0.1) is 29.8 Å². The molecule has 2 aromatic rings. The maximum atomic E-state index is 13.2. The summed E-state index contributed by atoms with van der Waals surface area (Å²) in [4.78, 5) is 34.9. The van der Waals surface area contributed by atoms with Crippen LogP contribution in [0.3, 0.4) is 0 Å². The molecule has 1 aromatic carbocycles. The van der Waals surface area contributed by atoms with Crippen LogP contribution in [-0.2, 0) is 16.0 Å². The van der Waals surface area contributed by atoms with Gasteiger partial charge in [0.15, 0.2) is 0 Å². The minimum Gasteiger partial charge on any atom is -0.378 e. The summed E-state index contributed by atoms with van der Waals surface area (Å²) in [6.07, 6.45) is 2.21. The number of aryl methyl sites for hydroxylation is 1. The molecule has 0 unspecified atom stereocenters. The van der Waals surface area contributed by atoms with Gasteiger partial charge < -0.3 is 14.5 Å². The molecule has 2 amide bonds. The fraction of sp³-hybridized carbons (Fsp3) is 0.500. The Bertz CT molecular complexity index is 909. The van der Waals surface area contributed by atoms with Crippen molar-refractivity contribution in [1.29, 1.82) is 0 Å². The Morgan fingerprint density at radius 2 is 1.90 bits per heavy atom. The third kappa shape index (κ3) is 4.70. The van der Waals surface area contributed by atoms with E-state index in [2.05, 4.69) is 4.98 Å². The Kier molecular flexibility index (Phi) is 6.43. The number of rotatable bonds is 4. The Labute approximate surface area is 179 Å². The monoisotopic (exact) mass is 431 g/mol. The van der Waals surface area contributed by atoms with Crippen LogP contribution in [-0.4, -0.2) is 66.0 Å². The Morgan fingerprint density at radius 3 is 2.63 bits per heavy atom. The lowest BCUT2D eigenvalue weighted by Gasteiger charge is -2.36. The number of benzene rings is 1. The number of aromatic nitrogens is 1. The molecule has 0 saturated carbocycles. The number of hydrogen-bond acceptors (Lipinski definition) is 5. The first-order valence-corrected chi connectivity index (χ1v) is 11.2. The zero-order valence-corrected chi connectivity index (χ0v) is 17.9. The summed E-state index contributed by atoms with van der Waals surface area (Å²) in [6.45, 7) is 5.39. The van der Waals surface area contributed by atoms with E-state index in [1.165, 1.54) is 23.5 Å². The molecule has 2 aliphatic heterocycles. The largest absolute Gasteiger partial charge is 0.378 e. The first-order chi connectivity index (χ1) is 14.5. The molecule has 0 spiro atoms. The molecule has 0 bridgehead atoms. The van der Waals surface area contributed by atoms with Crippen LogP contribution in [0.2, 0.25) is 0 Å². The first-order valence-electron chi connectivity index (χ1n) is 10.4. The summed E-state index contributed by atoms with van der Waals surface area (Å²) in [5.74, 6) is -0.326. The highest BCUT2D eigenvalue weighted by Crippen LogP contribution is 2.26. The summed E-state index contributed by atoms with van der Waals surface area (Å²) in [7, 11) is 0. The van der Waals surface area contributed by atoms with Crippen LogP contribution in [0.4, 0.5) is 4.39 Å². The highest BCUT2D eigenvalue weighted by Gasteiger charge is 2.33. The number of ether oxygens (including phenoxy) is 1. The molecule has 0 radical (unpaired) electrons. The highest BCUT2D eigenvalue weighted by atomic mass is 32.1. The first kappa shape index (κ1) is 20.9. The molecule has 1 aromatic heterocycles. The number of nitrogens with zero attached hydrogens (tertiary/aromatic N) is 3. The van der Waals surface area contributed by atoms with E-state index in [9.17, 15) is 14.0 Å². The summed E-state index contributed by atoms with van der Waals surface area (Å²) in [6, 6.07) is 6.34. The maximum absolute atomic E-state index is 13.2. The summed E-state index contributed by atoms with van der Waals surface area (Å²) in [5.41, 5.74) is 1.67. The van der Waals surface area contributed by atoms with Gasteiger partial charge in [0.25, 0.3) is 5.91 Å². The third-order valence-corrected chi connectivity index (χ3v) is 6.83. The molecule has 0 aliphatic carbocycles. The fourth-order valence-electron chi connectivity index (χ4n) is 4.05. The number of thiazole rings is 1. The van der Waals surface area contributed by atoms with Crippen molar-refractivity contribution in [2.75, 3.05) is 39.4 Å². The molecule has 6 nitrogen and oxygen atoms in total. The van der Waals surface area contributed by atoms with Crippen LogP contribution in [0.5, 0.6) is 0 Å². The topological polar surface area (TPSA) is 62.7 Å². The van der Waals surface area contributed by atoms with E-state index in [0.29, 0.717) is 56.4 Å². The van der Waals surface area contributed by atoms with Crippen molar-refractivity contribution in [3.63, 3.8) is 0 Å². The van der Waals surface area contributed by atoms with Gasteiger partial charge >= 0.3 is 0 Å². The summed E-state index contributed by atoms with van der Waals surface area (Å²) < 4.78 is 18.5. The van der Waals surface area contributed by atoms with Crippen LogP contribution in [0.15, 0.2) is 24.3 Å². The molecular weight excluding hydrogens is 405 g/mol. The lowest BCUT2D eigenvalue weighted by atomic mass is 9.96. The van der Waals surface area contributed by atoms with Gasteiger partial charge in [-0.25, -0.2) is 9.37 Å². The minimum absolute atomic E-state index is 0.0465. The molecule has 2 aliphatic rings. The average molecular weight is 432 g/mol. The van der Waals surface area contributed by atoms with Gasteiger partial charge in [0.2, 0.25) is 5.91 Å². The van der Waals surface area contributed by atoms with Gasteiger partial charge in [-0.2, -0.15) is 0 Å². The molecule has 2 fully saturated rings. The normalized spacial score (nSPS) is 19.7. The van der Waals surface area contributed by atoms with E-state index >= 15 is 0 Å². The van der Waals surface area contributed by atoms with Crippen molar-refractivity contribution in [1.82, 2.24) is 14.8 Å². The molecular formula is C22H26FN3O3S. The number of carbonyl (C=O) groups is 2. The standard InChI is InChI=1S/C22H26FN3O3S/c1-15-20(30-19(24-15)13-16-4-6-18(23)7-5-16)22(28)26-8-2-3-17(14-26)21(27)25-9-11-29-12-10-25/h4-7,17H,2-3,8-14H2,1H3/t17-/m1/s1. The van der Waals surface area contributed by atoms with Gasteiger partial charge in [-0.05, 0) is 37.5 Å². The number of halogens is 1. The molecule has 0 N–H and O–H groups in total. The zero-order valence-electron chi connectivity index (χ0n) is 17.1. The van der Waals surface area contributed by atoms with Crippen molar-refractivity contribution in [2.24, 2.45) is 5.92 Å². The molecule has 8 heteroatoms. The number of likely N-dealkylation sites (tertiary alicyclic amines) is 1. The predicted molar refractivity (Wildman–Crippen MR) is 112 cm³/mol. The lowest BCUT2D eigenvalue weighted by molar-refractivity contribution is -0.141. The summed E-state index contributed by atoms with van der Waals surface area (Å²) >= 11 is 1.39. The average Bonchev–Trinajstić information content (AvgIpc) is 3.15. The SMILES string of the molecule is Cc1nc(Cc2ccc(F)cc2)sc1C(=O)N1CCC[C@@H](C(=O)N2CCOCC2)C1. The number of amides is 2. The van der Waals surface area contributed by atoms with Crippen molar-refractivity contribution in [2.45, 2.75) is 26.2 Å². The van der Waals surface area contributed by atoms with E-state index < -0.39 is 0 Å². The van der Waals surface area contributed by atoms with E-state index in [1.807, 2.05) is 11.8 Å². The van der Waals surface area contributed by atoms with Crippen LogP contribution in [0.25, 0.3) is 0 Å². The van der Waals surface area contributed by atoms with Crippen LogP contribution in [0.1, 0.15) is 38.8 Å². The van der Waals surface area contributed by atoms with E-state index in [4.69, 9.17) is 4.74 Å². The predicted octanol–water partition coefficient (Wildman–Crippen LogP) is 2.89. The van der Waals surface area contributed by atoms with Crippen molar-refractivity contribution < 1.29 is 18.7 Å². The number of carbonyl (C=O) groups excluding carboxylic acids is 2. The summed E-state index contributed by atoms with van der Waals surface area (Å²) in [5, 5.41) is 0.834. The van der Waals surface area contributed by atoms with Gasteiger partial charge in [0, 0.05) is 32.6 Å². The van der Waals surface area contributed by atoms with Crippen LogP contribution >= 0.6 is 11.3 Å². The molecule has 160 valence electrons. The third-order valence-electron chi connectivity index (χ3n) is 5.68. The Hall–Kier alpha value is -2.32. The quantitative estimate of drug-likeness (QED) is 0.747. The fourth-order valence-corrected chi connectivity index (χ4v) is 5.12. The van der Waals surface area contributed by atoms with Crippen LogP contribution < -0.4 is 0 Å². The van der Waals surface area contributed by atoms with Gasteiger partial charge in [-0.1, -0.05) is 12.1 Å². The van der Waals surface area contributed by atoms with Gasteiger partial charge in [-0.15, -0.1) is 11.3 Å². The molecule has 4 rings (SSSR count). The van der Waals surface area contributed by atoms with Gasteiger partial charge in [-0.3, -0.25) is 9.59 Å². The Morgan fingerprint density at radius 1 is 1.17 bits per heavy atom. The van der Waals surface area contributed by atoms with E-state index in [-0.39, 0.29) is 23.5 Å². The molecule has 2 saturated heterocycles. The van der Waals surface area contributed by atoms with Crippen molar-refractivity contribution in [3.8, 4) is 0 Å². The van der Waals surface area contributed by atoms with Crippen molar-refractivity contribution >= 4 is 23.2 Å². The van der Waals surface area contributed by atoms with Crippen molar-refractivity contribution in [3.05, 3.63) is 51.2 Å². The van der Waals surface area contributed by atoms with E-state index in [1.54, 1.807) is 17.0 Å². The smallest absolute Gasteiger partial charge is 0.265 e. The number of morpholine rings is 1. The van der Waals surface area contributed by atoms with E-state index in [0.717, 1.165) is 23.4 Å². The van der Waals surface area contributed by atoms with Crippen LogP contribution in [0, 0.1) is 18.7 Å². The number of hydrogen-bond donors (Lipinski definition) is 0. The molecule has 1 atom stereocenters. The van der Waals surface area contributed by atoms with Gasteiger partial charge in [0.1, 0.15) is 10.7 Å². The molecule has 3 heterocycles. The second-order valence-electron chi connectivity index (χ2n) is 7.85.